The van der Waals surface area contributed by atoms with Crippen LogP contribution in [0.5, 0.6) is 5.75 Å². The molecule has 1 fully saturated rings. The van der Waals surface area contributed by atoms with E-state index in [2.05, 4.69) is 30.1 Å². The molecule has 44 heavy (non-hydrogen) atoms. The van der Waals surface area contributed by atoms with Gasteiger partial charge in [-0.15, -0.1) is 18.3 Å². The molecule has 4 aromatic rings. The van der Waals surface area contributed by atoms with Crippen LogP contribution in [0.25, 0.3) is 17.2 Å². The minimum atomic E-state index is -4.89. The maximum absolute atomic E-state index is 14.9. The third kappa shape index (κ3) is 6.80. The lowest BCUT2D eigenvalue weighted by atomic mass is 10.1. The van der Waals surface area contributed by atoms with Gasteiger partial charge in [0.15, 0.2) is 16.8 Å². The van der Waals surface area contributed by atoms with Gasteiger partial charge in [0.25, 0.3) is 0 Å². The number of halogens is 7. The number of rotatable bonds is 5. The molecule has 0 atom stereocenters. The Hall–Kier alpha value is -5.00. The first-order valence-corrected chi connectivity index (χ1v) is 13.1. The van der Waals surface area contributed by atoms with Crippen LogP contribution < -0.4 is 15.0 Å². The van der Waals surface area contributed by atoms with Crippen LogP contribution in [0.3, 0.4) is 0 Å². The molecule has 0 aliphatic carbocycles. The third-order valence-corrected chi connectivity index (χ3v) is 6.74. The lowest BCUT2D eigenvalue weighted by Gasteiger charge is -2.21. The van der Waals surface area contributed by atoms with E-state index in [1.54, 1.807) is 6.92 Å². The fourth-order valence-electron chi connectivity index (χ4n) is 3.94. The summed E-state index contributed by atoms with van der Waals surface area (Å²) in [4.78, 5) is 37.4. The van der Waals surface area contributed by atoms with Crippen molar-refractivity contribution in [1.29, 1.82) is 0 Å². The van der Waals surface area contributed by atoms with Crippen LogP contribution in [0, 0.1) is 12.7 Å². The summed E-state index contributed by atoms with van der Waals surface area (Å²) in [5, 5.41) is 5.98. The lowest BCUT2D eigenvalue weighted by molar-refractivity contribution is -0.274. The minimum absolute atomic E-state index is 0.00886. The number of carbonyl (C=O) groups is 2. The zero-order chi connectivity index (χ0) is 31.8. The van der Waals surface area contributed by atoms with Crippen molar-refractivity contribution in [1.82, 2.24) is 19.7 Å². The SMILES string of the molecule is Cc1ccc(C(F)(F)F)c(N2C(=O)CSC2=NC(=O)Nc2ccc(-c3ncn(-c4ccc(OC(F)(F)F)cn4)n3)cc2F)c1. The molecule has 2 aromatic carbocycles. The Balaban J connectivity index is 1.32. The van der Waals surface area contributed by atoms with Crippen molar-refractivity contribution < 1.29 is 45.1 Å². The van der Waals surface area contributed by atoms with Gasteiger partial charge in [-0.05, 0) is 55.0 Å². The first-order valence-electron chi connectivity index (χ1n) is 12.1. The number of ether oxygens (including phenoxy) is 1. The molecule has 3 heterocycles. The first kappa shape index (κ1) is 30.5. The molecular formula is C26H16F7N7O3S. The van der Waals surface area contributed by atoms with Gasteiger partial charge in [-0.3, -0.25) is 9.69 Å². The van der Waals surface area contributed by atoms with Crippen LogP contribution in [0.2, 0.25) is 0 Å². The maximum Gasteiger partial charge on any atom is 0.573 e. The van der Waals surface area contributed by atoms with Crippen molar-refractivity contribution in [3.05, 3.63) is 78.0 Å². The van der Waals surface area contributed by atoms with E-state index in [-0.39, 0.29) is 33.8 Å². The number of nitrogens with one attached hydrogen (secondary N) is 1. The van der Waals surface area contributed by atoms with Crippen LogP contribution in [0.15, 0.2) is 66.0 Å². The Labute approximate surface area is 246 Å². The van der Waals surface area contributed by atoms with Crippen LogP contribution in [0.4, 0.5) is 46.9 Å². The van der Waals surface area contributed by atoms with Gasteiger partial charge in [-0.1, -0.05) is 17.8 Å². The average molecular weight is 640 g/mol. The second-order valence-electron chi connectivity index (χ2n) is 8.97. The highest BCUT2D eigenvalue weighted by Crippen LogP contribution is 2.40. The molecule has 5 rings (SSSR count). The number of hydrogen-bond donors (Lipinski definition) is 1. The van der Waals surface area contributed by atoms with Gasteiger partial charge in [0.2, 0.25) is 5.91 Å². The number of aromatic nitrogens is 4. The van der Waals surface area contributed by atoms with Crippen LogP contribution >= 0.6 is 11.8 Å². The summed E-state index contributed by atoms with van der Waals surface area (Å²) in [5.41, 5.74) is -1.32. The highest BCUT2D eigenvalue weighted by molar-refractivity contribution is 8.15. The molecule has 18 heteroatoms. The summed E-state index contributed by atoms with van der Waals surface area (Å²) in [6.45, 7) is 1.54. The largest absolute Gasteiger partial charge is 0.573 e. The van der Waals surface area contributed by atoms with Crippen molar-refractivity contribution in [2.45, 2.75) is 19.5 Å². The van der Waals surface area contributed by atoms with Crippen molar-refractivity contribution in [2.75, 3.05) is 16.0 Å². The van der Waals surface area contributed by atoms with E-state index in [0.717, 1.165) is 53.0 Å². The maximum atomic E-state index is 14.9. The Morgan fingerprint density at radius 2 is 1.82 bits per heavy atom. The second kappa shape index (κ2) is 11.6. The highest BCUT2D eigenvalue weighted by Gasteiger charge is 2.40. The molecule has 0 spiro atoms. The van der Waals surface area contributed by atoms with Crippen molar-refractivity contribution in [3.8, 4) is 23.0 Å². The van der Waals surface area contributed by atoms with E-state index in [1.807, 2.05) is 0 Å². The Bertz CT molecular complexity index is 1770. The van der Waals surface area contributed by atoms with E-state index in [9.17, 15) is 40.3 Å². The van der Waals surface area contributed by atoms with Crippen LogP contribution in [0.1, 0.15) is 11.1 Å². The molecule has 0 saturated carbocycles. The van der Waals surface area contributed by atoms with Gasteiger partial charge >= 0.3 is 18.6 Å². The van der Waals surface area contributed by atoms with E-state index in [0.29, 0.717) is 10.5 Å². The Morgan fingerprint density at radius 3 is 2.48 bits per heavy atom. The van der Waals surface area contributed by atoms with Gasteiger partial charge in [-0.25, -0.2) is 23.8 Å². The highest BCUT2D eigenvalue weighted by atomic mass is 32.2. The number of pyridine rings is 1. The normalized spacial score (nSPS) is 14.8. The number of hydrogen-bond acceptors (Lipinski definition) is 7. The Morgan fingerprint density at radius 1 is 1.05 bits per heavy atom. The van der Waals surface area contributed by atoms with Crippen molar-refractivity contribution >= 4 is 40.2 Å². The summed E-state index contributed by atoms with van der Waals surface area (Å²) in [7, 11) is 0. The summed E-state index contributed by atoms with van der Waals surface area (Å²) >= 11 is 0.748. The van der Waals surface area contributed by atoms with Crippen LogP contribution in [-0.2, 0) is 11.0 Å². The number of amidine groups is 1. The van der Waals surface area contributed by atoms with Crippen molar-refractivity contribution in [3.63, 3.8) is 0 Å². The Kier molecular flexibility index (Phi) is 8.02. The van der Waals surface area contributed by atoms with E-state index in [4.69, 9.17) is 0 Å². The van der Waals surface area contributed by atoms with E-state index in [1.165, 1.54) is 24.5 Å². The number of amides is 3. The molecule has 1 N–H and O–H groups in total. The second-order valence-corrected chi connectivity index (χ2v) is 9.91. The summed E-state index contributed by atoms with van der Waals surface area (Å²) in [6.07, 6.45) is -7.65. The molecule has 0 radical (unpaired) electrons. The predicted octanol–water partition coefficient (Wildman–Crippen LogP) is 6.36. The van der Waals surface area contributed by atoms with E-state index < -0.39 is 47.3 Å². The molecular weight excluding hydrogens is 623 g/mol. The summed E-state index contributed by atoms with van der Waals surface area (Å²) in [6, 6.07) is 7.79. The molecule has 1 aliphatic rings. The average Bonchev–Trinajstić information content (AvgIpc) is 3.56. The number of nitrogens with zero attached hydrogens (tertiary/aromatic N) is 6. The van der Waals surface area contributed by atoms with Gasteiger partial charge < -0.3 is 10.1 Å². The molecule has 0 bridgehead atoms. The molecule has 3 amide bonds. The van der Waals surface area contributed by atoms with Gasteiger partial charge in [-0.2, -0.15) is 18.2 Å². The molecule has 1 aliphatic heterocycles. The number of benzene rings is 2. The number of thioether (sulfide) groups is 1. The monoisotopic (exact) mass is 639 g/mol. The lowest BCUT2D eigenvalue weighted by Crippen LogP contribution is -2.32. The standard InChI is InChI=1S/C26H16F7N7O3S/c1-13-2-5-16(25(28,29)30)19(8-13)40-21(41)11-44-24(40)37-23(42)36-18-6-3-14(9-17(18)27)22-35-12-39(38-22)20-7-4-15(10-34-20)43-26(31,32)33/h2-10,12H,11H2,1H3,(H,36,42). The number of carbonyl (C=O) groups excluding carboxylic acids is 2. The topological polar surface area (TPSA) is 115 Å². The molecule has 1 saturated heterocycles. The van der Waals surface area contributed by atoms with Crippen LogP contribution in [-0.4, -0.2) is 49.0 Å². The quantitative estimate of drug-likeness (QED) is 0.253. The fourth-order valence-corrected chi connectivity index (χ4v) is 4.80. The number of anilines is 2. The molecule has 2 aromatic heterocycles. The predicted molar refractivity (Wildman–Crippen MR) is 144 cm³/mol. The number of alkyl halides is 6. The van der Waals surface area contributed by atoms with E-state index >= 15 is 0 Å². The number of urea groups is 1. The zero-order valence-corrected chi connectivity index (χ0v) is 22.8. The molecule has 0 unspecified atom stereocenters. The van der Waals surface area contributed by atoms with Gasteiger partial charge in [0.1, 0.15) is 17.9 Å². The summed E-state index contributed by atoms with van der Waals surface area (Å²) in [5.74, 6) is -2.37. The first-order chi connectivity index (χ1) is 20.7. The van der Waals surface area contributed by atoms with Crippen molar-refractivity contribution in [2.24, 2.45) is 4.99 Å². The number of aryl methyl sites for hydroxylation is 1. The number of aliphatic imine (C=N–C) groups is 1. The summed E-state index contributed by atoms with van der Waals surface area (Å²) < 4.78 is 97.7. The molecule has 10 nitrogen and oxygen atoms in total. The molecule has 228 valence electrons. The van der Waals surface area contributed by atoms with Gasteiger partial charge in [0, 0.05) is 5.56 Å². The third-order valence-electron chi connectivity index (χ3n) is 5.81. The zero-order valence-electron chi connectivity index (χ0n) is 21.9. The minimum Gasteiger partial charge on any atom is -0.404 e. The van der Waals surface area contributed by atoms with Gasteiger partial charge in [0.05, 0.1) is 28.9 Å². The fraction of sp³-hybridized carbons (Fsp3) is 0.154. The smallest absolute Gasteiger partial charge is 0.404 e.